The summed E-state index contributed by atoms with van der Waals surface area (Å²) in [6, 6.07) is 12.7. The van der Waals surface area contributed by atoms with E-state index in [-0.39, 0.29) is 0 Å². The Morgan fingerprint density at radius 1 is 1.09 bits per heavy atom. The second kappa shape index (κ2) is 6.18. The summed E-state index contributed by atoms with van der Waals surface area (Å²) in [5.41, 5.74) is 2.20. The monoisotopic (exact) mass is 328 g/mol. The predicted octanol–water partition coefficient (Wildman–Crippen LogP) is 2.35. The van der Waals surface area contributed by atoms with Gasteiger partial charge >= 0.3 is 5.28 Å². The van der Waals surface area contributed by atoms with Gasteiger partial charge in [-0.25, -0.2) is 4.98 Å². The highest BCUT2D eigenvalue weighted by Gasteiger charge is 2.25. The molecule has 1 fully saturated rings. The molecule has 4 rings (SSSR count). The summed E-state index contributed by atoms with van der Waals surface area (Å²) in [5, 5.41) is 1.51. The molecule has 0 spiro atoms. The summed E-state index contributed by atoms with van der Waals surface area (Å²) >= 11 is 6.11. The number of hydrogen-bond donors (Lipinski definition) is 1. The minimum Gasteiger partial charge on any atom is -0.332 e. The van der Waals surface area contributed by atoms with Crippen LogP contribution in [-0.2, 0) is 6.54 Å². The molecule has 2 N–H and O–H groups in total. The number of nitrogens with zero attached hydrogens (tertiary/aromatic N) is 3. The van der Waals surface area contributed by atoms with Crippen molar-refractivity contribution in [3.63, 3.8) is 0 Å². The molecule has 0 unspecified atom stereocenters. The number of nitrogens with one attached hydrogen (secondary N) is 2. The normalized spacial score (nSPS) is 16.1. The lowest BCUT2D eigenvalue weighted by Gasteiger charge is -2.32. The van der Waals surface area contributed by atoms with Gasteiger partial charge in [-0.15, -0.1) is 0 Å². The van der Waals surface area contributed by atoms with E-state index < -0.39 is 0 Å². The SMILES string of the molecule is Clc1nc2[nH]ccc2c(N2CCN(Cc3ccccc3)CC2)[nH+]1. The predicted molar refractivity (Wildman–Crippen MR) is 91.6 cm³/mol. The molecule has 0 bridgehead atoms. The molecule has 1 aliphatic rings. The van der Waals surface area contributed by atoms with Gasteiger partial charge in [0.1, 0.15) is 5.39 Å². The highest BCUT2D eigenvalue weighted by molar-refractivity contribution is 6.27. The van der Waals surface area contributed by atoms with E-state index in [1.54, 1.807) is 0 Å². The highest BCUT2D eigenvalue weighted by Crippen LogP contribution is 2.22. The summed E-state index contributed by atoms with van der Waals surface area (Å²) in [5.74, 6) is 1.06. The Kier molecular flexibility index (Phi) is 3.89. The Labute approximate surface area is 139 Å². The van der Waals surface area contributed by atoms with E-state index in [1.807, 2.05) is 12.3 Å². The van der Waals surface area contributed by atoms with E-state index in [0.717, 1.165) is 49.6 Å². The summed E-state index contributed by atoms with van der Waals surface area (Å²) < 4.78 is 0. The fourth-order valence-electron chi connectivity index (χ4n) is 3.16. The van der Waals surface area contributed by atoms with Crippen LogP contribution in [0.25, 0.3) is 11.0 Å². The number of halogens is 1. The molecule has 118 valence electrons. The highest BCUT2D eigenvalue weighted by atomic mass is 35.5. The number of benzene rings is 1. The van der Waals surface area contributed by atoms with Gasteiger partial charge in [-0.3, -0.25) is 9.80 Å². The van der Waals surface area contributed by atoms with Gasteiger partial charge < -0.3 is 4.98 Å². The average Bonchev–Trinajstić information content (AvgIpc) is 3.04. The summed E-state index contributed by atoms with van der Waals surface area (Å²) in [6.45, 7) is 5.03. The first kappa shape index (κ1) is 14.5. The van der Waals surface area contributed by atoms with E-state index in [9.17, 15) is 0 Å². The van der Waals surface area contributed by atoms with Gasteiger partial charge in [-0.05, 0) is 23.2 Å². The molecule has 6 heteroatoms. The largest absolute Gasteiger partial charge is 0.334 e. The molecule has 1 saturated heterocycles. The van der Waals surface area contributed by atoms with Crippen molar-refractivity contribution in [2.24, 2.45) is 0 Å². The Morgan fingerprint density at radius 2 is 1.87 bits per heavy atom. The van der Waals surface area contributed by atoms with Crippen LogP contribution in [0.15, 0.2) is 42.6 Å². The maximum Gasteiger partial charge on any atom is 0.334 e. The van der Waals surface area contributed by atoms with Gasteiger partial charge in [0.25, 0.3) is 0 Å². The lowest BCUT2D eigenvalue weighted by molar-refractivity contribution is -0.364. The van der Waals surface area contributed by atoms with Crippen LogP contribution in [0.3, 0.4) is 0 Å². The third-order valence-electron chi connectivity index (χ3n) is 4.35. The first-order chi connectivity index (χ1) is 11.3. The van der Waals surface area contributed by atoms with Gasteiger partial charge in [0.2, 0.25) is 11.5 Å². The molecule has 3 aromatic rings. The van der Waals surface area contributed by atoms with Crippen LogP contribution in [0.1, 0.15) is 5.56 Å². The maximum absolute atomic E-state index is 6.11. The van der Waals surface area contributed by atoms with Gasteiger partial charge in [-0.2, -0.15) is 0 Å². The molecule has 1 aliphatic heterocycles. The van der Waals surface area contributed by atoms with Gasteiger partial charge in [0.05, 0.1) is 13.1 Å². The number of rotatable bonds is 3. The Bertz CT molecular complexity index is 793. The molecule has 0 aliphatic carbocycles. The maximum atomic E-state index is 6.11. The minimum atomic E-state index is 0.418. The summed E-state index contributed by atoms with van der Waals surface area (Å²) in [6.07, 6.45) is 1.90. The molecule has 3 heterocycles. The van der Waals surface area contributed by atoms with Crippen molar-refractivity contribution in [3.8, 4) is 0 Å². The van der Waals surface area contributed by atoms with Crippen molar-refractivity contribution in [2.45, 2.75) is 6.54 Å². The number of hydrogen-bond acceptors (Lipinski definition) is 3. The zero-order valence-corrected chi connectivity index (χ0v) is 13.6. The number of H-pyrrole nitrogens is 2. The minimum absolute atomic E-state index is 0.418. The number of aromatic amines is 2. The molecule has 5 nitrogen and oxygen atoms in total. The van der Waals surface area contributed by atoms with Crippen LogP contribution in [-0.4, -0.2) is 41.0 Å². The molecule has 0 atom stereocenters. The molecule has 0 radical (unpaired) electrons. The summed E-state index contributed by atoms with van der Waals surface area (Å²) in [7, 11) is 0. The van der Waals surface area contributed by atoms with Gasteiger partial charge in [0, 0.05) is 25.8 Å². The molecule has 23 heavy (non-hydrogen) atoms. The third-order valence-corrected chi connectivity index (χ3v) is 4.53. The topological polar surface area (TPSA) is 49.3 Å². The van der Waals surface area contributed by atoms with Crippen molar-refractivity contribution in [1.29, 1.82) is 0 Å². The van der Waals surface area contributed by atoms with Gasteiger partial charge in [-0.1, -0.05) is 35.3 Å². The fourth-order valence-corrected chi connectivity index (χ4v) is 3.33. The zero-order valence-electron chi connectivity index (χ0n) is 12.8. The second-order valence-electron chi connectivity index (χ2n) is 5.86. The van der Waals surface area contributed by atoms with Crippen LogP contribution in [0.2, 0.25) is 5.28 Å². The Morgan fingerprint density at radius 3 is 2.65 bits per heavy atom. The van der Waals surface area contributed by atoms with E-state index in [1.165, 1.54) is 5.56 Å². The molecule has 0 saturated carbocycles. The van der Waals surface area contributed by atoms with Crippen LogP contribution in [0.5, 0.6) is 0 Å². The molecular weight excluding hydrogens is 310 g/mol. The molecule has 0 amide bonds. The standard InChI is InChI=1S/C17H18ClN5/c18-17-20-15-14(6-7-19-15)16(21-17)23-10-8-22(9-11-23)12-13-4-2-1-3-5-13/h1-7H,8-12H2,(H,19,20,21)/p+1. The van der Waals surface area contributed by atoms with Crippen molar-refractivity contribution in [2.75, 3.05) is 31.1 Å². The quantitative estimate of drug-likeness (QED) is 0.751. The third kappa shape index (κ3) is 3.02. The summed E-state index contributed by atoms with van der Waals surface area (Å²) in [4.78, 5) is 15.5. The number of aromatic nitrogens is 3. The van der Waals surface area contributed by atoms with Crippen molar-refractivity contribution in [1.82, 2.24) is 14.9 Å². The Hall–Kier alpha value is -2.11. The molecule has 2 aromatic heterocycles. The van der Waals surface area contributed by atoms with Gasteiger partial charge in [0.15, 0.2) is 0 Å². The van der Waals surface area contributed by atoms with Crippen LogP contribution >= 0.6 is 11.6 Å². The lowest BCUT2D eigenvalue weighted by Crippen LogP contribution is -2.47. The van der Waals surface area contributed by atoms with E-state index in [4.69, 9.17) is 11.6 Å². The van der Waals surface area contributed by atoms with Crippen molar-refractivity contribution in [3.05, 3.63) is 53.4 Å². The number of anilines is 1. The number of piperazine rings is 1. The zero-order chi connectivity index (χ0) is 15.6. The first-order valence-corrected chi connectivity index (χ1v) is 8.24. The smallest absolute Gasteiger partial charge is 0.332 e. The fraction of sp³-hybridized carbons (Fsp3) is 0.294. The van der Waals surface area contributed by atoms with E-state index >= 15 is 0 Å². The Balaban J connectivity index is 1.47. The lowest BCUT2D eigenvalue weighted by atomic mass is 10.2. The van der Waals surface area contributed by atoms with Crippen LogP contribution in [0, 0.1) is 0 Å². The second-order valence-corrected chi connectivity index (χ2v) is 6.22. The first-order valence-electron chi connectivity index (χ1n) is 7.87. The number of fused-ring (bicyclic) bond motifs is 1. The van der Waals surface area contributed by atoms with E-state index in [2.05, 4.69) is 55.1 Å². The van der Waals surface area contributed by atoms with Crippen LogP contribution in [0.4, 0.5) is 5.82 Å². The average molecular weight is 329 g/mol. The van der Waals surface area contributed by atoms with Crippen molar-refractivity contribution >= 4 is 28.5 Å². The van der Waals surface area contributed by atoms with Crippen LogP contribution < -0.4 is 9.88 Å². The molecular formula is C17H19ClN5+. The molecule has 1 aromatic carbocycles. The van der Waals surface area contributed by atoms with Crippen molar-refractivity contribution < 1.29 is 4.98 Å². The van der Waals surface area contributed by atoms with E-state index in [0.29, 0.717) is 5.28 Å².